The molecule has 4 aromatic rings. The zero-order valence-electron chi connectivity index (χ0n) is 16.1. The summed E-state index contributed by atoms with van der Waals surface area (Å²) in [5, 5.41) is 9.48. The molecule has 1 aliphatic heterocycles. The van der Waals surface area contributed by atoms with Crippen molar-refractivity contribution in [1.82, 2.24) is 19.5 Å². The Bertz CT molecular complexity index is 1200. The molecule has 1 saturated heterocycles. The Morgan fingerprint density at radius 3 is 2.33 bits per heavy atom. The third-order valence-corrected chi connectivity index (χ3v) is 5.30. The van der Waals surface area contributed by atoms with Crippen molar-refractivity contribution in [1.29, 1.82) is 0 Å². The van der Waals surface area contributed by atoms with Crippen LogP contribution in [0.25, 0.3) is 16.9 Å². The number of para-hydroxylation sites is 1. The van der Waals surface area contributed by atoms with E-state index in [1.54, 1.807) is 34.9 Å². The van der Waals surface area contributed by atoms with Crippen LogP contribution >= 0.6 is 0 Å². The number of nitrogens with zero attached hydrogens (tertiary/aromatic N) is 6. The van der Waals surface area contributed by atoms with E-state index in [9.17, 15) is 9.50 Å². The SMILES string of the molecule is Nc1nc(N2CCN(c3ccc(O)cc3)CC2)nc2c1ncn2-c1ccccc1F. The predicted octanol–water partition coefficient (Wildman–Crippen LogP) is 2.57. The van der Waals surface area contributed by atoms with Crippen molar-refractivity contribution in [2.45, 2.75) is 0 Å². The fourth-order valence-electron chi connectivity index (χ4n) is 3.70. The molecule has 1 aliphatic rings. The van der Waals surface area contributed by atoms with E-state index in [1.165, 1.54) is 12.4 Å². The Kier molecular flexibility index (Phi) is 4.35. The van der Waals surface area contributed by atoms with Gasteiger partial charge in [0.05, 0.1) is 5.69 Å². The second-order valence-corrected chi connectivity index (χ2v) is 7.14. The maximum atomic E-state index is 14.3. The van der Waals surface area contributed by atoms with E-state index in [0.29, 0.717) is 35.9 Å². The summed E-state index contributed by atoms with van der Waals surface area (Å²) in [6, 6.07) is 13.6. The smallest absolute Gasteiger partial charge is 0.229 e. The standard InChI is InChI=1S/C21H20FN7O/c22-16-3-1-2-4-17(16)29-13-24-18-19(23)25-21(26-20(18)29)28-11-9-27(10-12-28)14-5-7-15(30)8-6-14/h1-8,13,30H,9-12H2,(H2,23,25,26). The number of nitrogen functional groups attached to an aromatic ring is 1. The van der Waals surface area contributed by atoms with E-state index in [4.69, 9.17) is 5.73 Å². The number of hydrogen-bond donors (Lipinski definition) is 2. The van der Waals surface area contributed by atoms with E-state index in [-0.39, 0.29) is 17.4 Å². The first-order chi connectivity index (χ1) is 14.6. The van der Waals surface area contributed by atoms with Crippen molar-refractivity contribution in [3.8, 4) is 11.4 Å². The Morgan fingerprint density at radius 2 is 1.60 bits per heavy atom. The van der Waals surface area contributed by atoms with Crippen LogP contribution in [0.5, 0.6) is 5.75 Å². The number of piperazine rings is 1. The van der Waals surface area contributed by atoms with Gasteiger partial charge in [0.15, 0.2) is 17.0 Å². The summed E-state index contributed by atoms with van der Waals surface area (Å²) in [7, 11) is 0. The van der Waals surface area contributed by atoms with E-state index >= 15 is 0 Å². The minimum Gasteiger partial charge on any atom is -0.508 e. The Balaban J connectivity index is 1.43. The summed E-state index contributed by atoms with van der Waals surface area (Å²) in [6.45, 7) is 2.97. The quantitative estimate of drug-likeness (QED) is 0.541. The second-order valence-electron chi connectivity index (χ2n) is 7.14. The maximum absolute atomic E-state index is 14.3. The van der Waals surface area contributed by atoms with E-state index < -0.39 is 0 Å². The van der Waals surface area contributed by atoms with Gasteiger partial charge >= 0.3 is 0 Å². The summed E-state index contributed by atoms with van der Waals surface area (Å²) < 4.78 is 15.9. The van der Waals surface area contributed by atoms with Crippen LogP contribution in [0, 0.1) is 5.82 Å². The van der Waals surface area contributed by atoms with Gasteiger partial charge in [-0.25, -0.2) is 9.37 Å². The summed E-state index contributed by atoms with van der Waals surface area (Å²) in [5.74, 6) is 0.661. The highest BCUT2D eigenvalue weighted by Gasteiger charge is 2.22. The second kappa shape index (κ2) is 7.18. The lowest BCUT2D eigenvalue weighted by molar-refractivity contribution is 0.475. The van der Waals surface area contributed by atoms with Gasteiger partial charge in [-0.1, -0.05) is 12.1 Å². The van der Waals surface area contributed by atoms with Crippen LogP contribution in [-0.4, -0.2) is 50.8 Å². The zero-order chi connectivity index (χ0) is 20.7. The molecule has 0 spiro atoms. The van der Waals surface area contributed by atoms with Gasteiger partial charge in [0, 0.05) is 31.9 Å². The molecule has 0 bridgehead atoms. The van der Waals surface area contributed by atoms with Crippen molar-refractivity contribution < 1.29 is 9.50 Å². The maximum Gasteiger partial charge on any atom is 0.229 e. The van der Waals surface area contributed by atoms with Crippen LogP contribution in [0.1, 0.15) is 0 Å². The Labute approximate surface area is 172 Å². The van der Waals surface area contributed by atoms with E-state index in [1.807, 2.05) is 12.1 Å². The molecular weight excluding hydrogens is 385 g/mol. The first-order valence-electron chi connectivity index (χ1n) is 9.64. The number of phenols is 1. The number of benzene rings is 2. The summed E-state index contributed by atoms with van der Waals surface area (Å²) in [6.07, 6.45) is 1.51. The van der Waals surface area contributed by atoms with E-state index in [2.05, 4.69) is 24.8 Å². The predicted molar refractivity (Wildman–Crippen MR) is 114 cm³/mol. The van der Waals surface area contributed by atoms with Gasteiger partial charge in [-0.15, -0.1) is 0 Å². The number of imidazole rings is 1. The lowest BCUT2D eigenvalue weighted by Crippen LogP contribution is -2.47. The van der Waals surface area contributed by atoms with Crippen molar-refractivity contribution in [3.63, 3.8) is 0 Å². The largest absolute Gasteiger partial charge is 0.508 e. The molecule has 30 heavy (non-hydrogen) atoms. The van der Waals surface area contributed by atoms with Gasteiger partial charge in [-0.3, -0.25) is 4.57 Å². The third kappa shape index (κ3) is 3.14. The highest BCUT2D eigenvalue weighted by molar-refractivity contribution is 5.84. The molecule has 0 unspecified atom stereocenters. The topological polar surface area (TPSA) is 96.3 Å². The number of phenolic OH excluding ortho intramolecular Hbond substituents is 1. The number of rotatable bonds is 3. The average Bonchev–Trinajstić information content (AvgIpc) is 3.19. The lowest BCUT2D eigenvalue weighted by atomic mass is 10.2. The van der Waals surface area contributed by atoms with Gasteiger partial charge in [0.1, 0.15) is 17.9 Å². The Morgan fingerprint density at radius 1 is 0.900 bits per heavy atom. The number of aromatic hydroxyl groups is 1. The fourth-order valence-corrected chi connectivity index (χ4v) is 3.70. The molecule has 3 heterocycles. The highest BCUT2D eigenvalue weighted by atomic mass is 19.1. The van der Waals surface area contributed by atoms with Crippen LogP contribution in [0.2, 0.25) is 0 Å². The van der Waals surface area contributed by atoms with Gasteiger partial charge in [-0.05, 0) is 36.4 Å². The van der Waals surface area contributed by atoms with Crippen LogP contribution in [0.15, 0.2) is 54.9 Å². The highest BCUT2D eigenvalue weighted by Crippen LogP contribution is 2.26. The Hall–Kier alpha value is -3.88. The van der Waals surface area contributed by atoms with Crippen LogP contribution in [0.3, 0.4) is 0 Å². The minimum absolute atomic E-state index is 0.251. The molecule has 3 N–H and O–H groups in total. The normalized spacial score (nSPS) is 14.4. The lowest BCUT2D eigenvalue weighted by Gasteiger charge is -2.36. The molecule has 0 atom stereocenters. The third-order valence-electron chi connectivity index (χ3n) is 5.30. The van der Waals surface area contributed by atoms with E-state index in [0.717, 1.165) is 18.8 Å². The molecular formula is C21H20FN7O. The molecule has 5 rings (SSSR count). The molecule has 152 valence electrons. The summed E-state index contributed by atoms with van der Waals surface area (Å²) in [4.78, 5) is 17.7. The minimum atomic E-state index is -0.363. The molecule has 0 aliphatic carbocycles. The fraction of sp³-hybridized carbons (Fsp3) is 0.190. The van der Waals surface area contributed by atoms with Crippen LogP contribution < -0.4 is 15.5 Å². The number of anilines is 3. The summed E-state index contributed by atoms with van der Waals surface area (Å²) in [5.41, 5.74) is 8.49. The molecule has 8 nitrogen and oxygen atoms in total. The molecule has 2 aromatic carbocycles. The number of fused-ring (bicyclic) bond motifs is 1. The van der Waals surface area contributed by atoms with Crippen molar-refractivity contribution >= 4 is 28.6 Å². The number of nitrogens with two attached hydrogens (primary N) is 1. The monoisotopic (exact) mass is 405 g/mol. The van der Waals surface area contributed by atoms with Gasteiger partial charge in [0.2, 0.25) is 5.95 Å². The molecule has 9 heteroatoms. The van der Waals surface area contributed by atoms with Gasteiger partial charge in [-0.2, -0.15) is 9.97 Å². The van der Waals surface area contributed by atoms with Gasteiger partial charge < -0.3 is 20.6 Å². The average molecular weight is 405 g/mol. The van der Waals surface area contributed by atoms with Gasteiger partial charge in [0.25, 0.3) is 0 Å². The molecule has 0 radical (unpaired) electrons. The molecule has 2 aromatic heterocycles. The van der Waals surface area contributed by atoms with Crippen LogP contribution in [0.4, 0.5) is 21.8 Å². The summed E-state index contributed by atoms with van der Waals surface area (Å²) >= 11 is 0. The van der Waals surface area contributed by atoms with Crippen LogP contribution in [-0.2, 0) is 0 Å². The molecule has 1 fully saturated rings. The zero-order valence-corrected chi connectivity index (χ0v) is 16.1. The molecule has 0 amide bonds. The number of aromatic nitrogens is 4. The number of hydrogen-bond acceptors (Lipinski definition) is 7. The first kappa shape index (κ1) is 18.2. The van der Waals surface area contributed by atoms with Crippen molar-refractivity contribution in [2.75, 3.05) is 41.7 Å². The first-order valence-corrected chi connectivity index (χ1v) is 9.64. The van der Waals surface area contributed by atoms with Crippen molar-refractivity contribution in [2.24, 2.45) is 0 Å². The van der Waals surface area contributed by atoms with Crippen molar-refractivity contribution in [3.05, 3.63) is 60.7 Å². The molecule has 0 saturated carbocycles. The number of halogens is 1.